The lowest BCUT2D eigenvalue weighted by Crippen LogP contribution is -2.43. The summed E-state index contributed by atoms with van der Waals surface area (Å²) in [6.45, 7) is 3.38. The van der Waals surface area contributed by atoms with E-state index in [1.165, 1.54) is 12.8 Å². The average molecular weight is 278 g/mol. The van der Waals surface area contributed by atoms with Gasteiger partial charge in [0.2, 0.25) is 0 Å². The summed E-state index contributed by atoms with van der Waals surface area (Å²) < 4.78 is 7.34. The quantitative estimate of drug-likeness (QED) is 0.834. The Morgan fingerprint density at radius 3 is 2.65 bits per heavy atom. The highest BCUT2D eigenvalue weighted by molar-refractivity contribution is 5.80. The summed E-state index contributed by atoms with van der Waals surface area (Å²) in [6, 6.07) is 0.619. The first-order chi connectivity index (χ1) is 9.70. The zero-order valence-corrected chi connectivity index (χ0v) is 12.2. The fourth-order valence-corrected chi connectivity index (χ4v) is 2.89. The maximum atomic E-state index is 12.1. The van der Waals surface area contributed by atoms with E-state index in [-0.39, 0.29) is 12.0 Å². The highest BCUT2D eigenvalue weighted by Gasteiger charge is 2.32. The van der Waals surface area contributed by atoms with Crippen molar-refractivity contribution in [3.8, 4) is 0 Å². The minimum atomic E-state index is -0.346. The van der Waals surface area contributed by atoms with Gasteiger partial charge in [-0.25, -0.2) is 0 Å². The van der Waals surface area contributed by atoms with E-state index >= 15 is 0 Å². The van der Waals surface area contributed by atoms with Crippen LogP contribution in [-0.2, 0) is 9.53 Å². The SMILES string of the molecule is COC(C)C(=O)N1CCC(c2nncn2C2CC2)CC1. The van der Waals surface area contributed by atoms with Gasteiger partial charge in [-0.2, -0.15) is 0 Å². The number of aromatic nitrogens is 3. The highest BCUT2D eigenvalue weighted by atomic mass is 16.5. The Morgan fingerprint density at radius 1 is 1.35 bits per heavy atom. The van der Waals surface area contributed by atoms with E-state index in [0.717, 1.165) is 31.8 Å². The molecule has 6 nitrogen and oxygen atoms in total. The van der Waals surface area contributed by atoms with Gasteiger partial charge in [-0.05, 0) is 32.6 Å². The molecule has 2 heterocycles. The molecule has 1 aliphatic carbocycles. The van der Waals surface area contributed by atoms with Gasteiger partial charge >= 0.3 is 0 Å². The van der Waals surface area contributed by atoms with Crippen LogP contribution in [0.2, 0.25) is 0 Å². The van der Waals surface area contributed by atoms with Crippen LogP contribution in [0, 0.1) is 0 Å². The molecule has 1 atom stereocenters. The summed E-state index contributed by atoms with van der Waals surface area (Å²) in [6.07, 6.45) is 5.93. The Balaban J connectivity index is 1.61. The number of hydrogen-bond donors (Lipinski definition) is 0. The molecule has 6 heteroatoms. The summed E-state index contributed by atoms with van der Waals surface area (Å²) in [5.74, 6) is 1.63. The van der Waals surface area contributed by atoms with Crippen molar-refractivity contribution in [2.24, 2.45) is 0 Å². The van der Waals surface area contributed by atoms with Crippen molar-refractivity contribution >= 4 is 5.91 Å². The molecule has 2 fully saturated rings. The molecule has 1 aromatic heterocycles. The normalized spacial score (nSPS) is 22.0. The molecule has 1 amide bonds. The highest BCUT2D eigenvalue weighted by Crippen LogP contribution is 2.38. The summed E-state index contributed by atoms with van der Waals surface area (Å²) in [5, 5.41) is 8.37. The van der Waals surface area contributed by atoms with Crippen LogP contribution in [-0.4, -0.2) is 51.9 Å². The van der Waals surface area contributed by atoms with Crippen molar-refractivity contribution in [1.82, 2.24) is 19.7 Å². The third kappa shape index (κ3) is 2.57. The van der Waals surface area contributed by atoms with E-state index in [1.54, 1.807) is 14.0 Å². The first-order valence-electron chi connectivity index (χ1n) is 7.41. The molecule has 1 saturated carbocycles. The number of nitrogens with zero attached hydrogens (tertiary/aromatic N) is 4. The van der Waals surface area contributed by atoms with Gasteiger partial charge in [0.25, 0.3) is 5.91 Å². The number of rotatable bonds is 4. The average Bonchev–Trinajstić information content (AvgIpc) is 3.23. The van der Waals surface area contributed by atoms with Crippen LogP contribution < -0.4 is 0 Å². The number of carbonyl (C=O) groups excluding carboxylic acids is 1. The first-order valence-corrected chi connectivity index (χ1v) is 7.41. The number of ether oxygens (including phenoxy) is 1. The van der Waals surface area contributed by atoms with E-state index in [1.807, 2.05) is 11.2 Å². The van der Waals surface area contributed by atoms with E-state index in [0.29, 0.717) is 12.0 Å². The molecule has 3 rings (SSSR count). The zero-order valence-electron chi connectivity index (χ0n) is 12.2. The molecule has 1 aliphatic heterocycles. The van der Waals surface area contributed by atoms with Crippen molar-refractivity contribution < 1.29 is 9.53 Å². The van der Waals surface area contributed by atoms with Gasteiger partial charge in [-0.15, -0.1) is 10.2 Å². The fourth-order valence-electron chi connectivity index (χ4n) is 2.89. The molecule has 1 unspecified atom stereocenters. The van der Waals surface area contributed by atoms with Crippen LogP contribution in [0.5, 0.6) is 0 Å². The van der Waals surface area contributed by atoms with Crippen molar-refractivity contribution in [3.05, 3.63) is 12.2 Å². The van der Waals surface area contributed by atoms with Crippen molar-refractivity contribution in [2.75, 3.05) is 20.2 Å². The molecule has 0 bridgehead atoms. The molecule has 1 aromatic rings. The van der Waals surface area contributed by atoms with Crippen LogP contribution in [0.15, 0.2) is 6.33 Å². The minimum absolute atomic E-state index is 0.0922. The third-order valence-corrected chi connectivity index (χ3v) is 4.41. The van der Waals surface area contributed by atoms with Crippen LogP contribution in [0.4, 0.5) is 0 Å². The largest absolute Gasteiger partial charge is 0.372 e. The maximum Gasteiger partial charge on any atom is 0.251 e. The lowest BCUT2D eigenvalue weighted by Gasteiger charge is -2.33. The molecular weight excluding hydrogens is 256 g/mol. The van der Waals surface area contributed by atoms with Gasteiger partial charge < -0.3 is 14.2 Å². The van der Waals surface area contributed by atoms with Crippen LogP contribution >= 0.6 is 0 Å². The summed E-state index contributed by atoms with van der Waals surface area (Å²) >= 11 is 0. The van der Waals surface area contributed by atoms with Gasteiger partial charge in [0.1, 0.15) is 18.3 Å². The van der Waals surface area contributed by atoms with Gasteiger partial charge in [-0.1, -0.05) is 0 Å². The fraction of sp³-hybridized carbons (Fsp3) is 0.786. The number of carbonyl (C=O) groups is 1. The zero-order chi connectivity index (χ0) is 14.1. The van der Waals surface area contributed by atoms with Crippen LogP contribution in [0.3, 0.4) is 0 Å². The van der Waals surface area contributed by atoms with E-state index in [4.69, 9.17) is 4.74 Å². The van der Waals surface area contributed by atoms with Gasteiger partial charge in [-0.3, -0.25) is 4.79 Å². The van der Waals surface area contributed by atoms with Gasteiger partial charge in [0, 0.05) is 32.2 Å². The molecule has 0 radical (unpaired) electrons. The Hall–Kier alpha value is -1.43. The summed E-state index contributed by atoms with van der Waals surface area (Å²) in [7, 11) is 1.58. The standard InChI is InChI=1S/C14H22N4O2/c1-10(20-2)14(19)17-7-5-11(6-8-17)13-16-15-9-18(13)12-3-4-12/h9-12H,3-8H2,1-2H3. The number of likely N-dealkylation sites (tertiary alicyclic amines) is 1. The molecule has 0 spiro atoms. The summed E-state index contributed by atoms with van der Waals surface area (Å²) in [5.41, 5.74) is 0. The van der Waals surface area contributed by atoms with Gasteiger partial charge in [0.15, 0.2) is 0 Å². The molecule has 2 aliphatic rings. The number of hydrogen-bond acceptors (Lipinski definition) is 4. The van der Waals surface area contributed by atoms with Crippen LogP contribution in [0.25, 0.3) is 0 Å². The Bertz CT molecular complexity index is 475. The molecule has 1 saturated heterocycles. The van der Waals surface area contributed by atoms with E-state index in [9.17, 15) is 4.79 Å². The molecule has 0 N–H and O–H groups in total. The topological polar surface area (TPSA) is 60.2 Å². The number of methoxy groups -OCH3 is 1. The second-order valence-corrected chi connectivity index (χ2v) is 5.81. The number of amides is 1. The van der Waals surface area contributed by atoms with E-state index in [2.05, 4.69) is 14.8 Å². The third-order valence-electron chi connectivity index (χ3n) is 4.41. The molecule has 0 aromatic carbocycles. The lowest BCUT2D eigenvalue weighted by atomic mass is 9.95. The van der Waals surface area contributed by atoms with Crippen molar-refractivity contribution in [3.63, 3.8) is 0 Å². The molecular formula is C14H22N4O2. The monoisotopic (exact) mass is 278 g/mol. The van der Waals surface area contributed by atoms with E-state index < -0.39 is 0 Å². The van der Waals surface area contributed by atoms with Gasteiger partial charge in [0.05, 0.1) is 0 Å². The molecule has 110 valence electrons. The first kappa shape index (κ1) is 13.5. The summed E-state index contributed by atoms with van der Waals surface area (Å²) in [4.78, 5) is 14.0. The minimum Gasteiger partial charge on any atom is -0.372 e. The number of piperidine rings is 1. The maximum absolute atomic E-state index is 12.1. The second kappa shape index (κ2) is 5.52. The molecule has 20 heavy (non-hydrogen) atoms. The smallest absolute Gasteiger partial charge is 0.251 e. The Kier molecular flexibility index (Phi) is 3.74. The van der Waals surface area contributed by atoms with Crippen LogP contribution in [0.1, 0.15) is 50.4 Å². The van der Waals surface area contributed by atoms with Crippen molar-refractivity contribution in [1.29, 1.82) is 0 Å². The second-order valence-electron chi connectivity index (χ2n) is 5.81. The predicted octanol–water partition coefficient (Wildman–Crippen LogP) is 1.35. The Labute approximate surface area is 119 Å². The van der Waals surface area contributed by atoms with Crippen molar-refractivity contribution in [2.45, 2.75) is 50.7 Å². The Morgan fingerprint density at radius 2 is 2.05 bits per heavy atom. The lowest BCUT2D eigenvalue weighted by molar-refractivity contribution is -0.142. The predicted molar refractivity (Wildman–Crippen MR) is 73.3 cm³/mol.